The molecule has 1 aliphatic carbocycles. The third-order valence-corrected chi connectivity index (χ3v) is 3.97. The topological polar surface area (TPSA) is 102 Å². The Balaban J connectivity index is 1.62. The van der Waals surface area contributed by atoms with Crippen molar-refractivity contribution in [1.82, 2.24) is 10.5 Å². The zero-order valence-electron chi connectivity index (χ0n) is 12.6. The molecular weight excluding hydrogens is 319 g/mol. The molecule has 0 spiro atoms. The Hall–Kier alpha value is -2.90. The molecule has 0 atom stereocenters. The zero-order valence-corrected chi connectivity index (χ0v) is 12.6. The second-order valence-corrected chi connectivity index (χ2v) is 5.59. The molecular formula is C16H15FN2O5. The lowest BCUT2D eigenvalue weighted by atomic mass is 9.76. The van der Waals surface area contributed by atoms with Gasteiger partial charge in [-0.1, -0.05) is 17.3 Å². The van der Waals surface area contributed by atoms with Gasteiger partial charge >= 0.3 is 5.97 Å². The maximum atomic E-state index is 13.4. The van der Waals surface area contributed by atoms with Gasteiger partial charge in [0.15, 0.2) is 23.0 Å². The lowest BCUT2D eigenvalue weighted by Gasteiger charge is -2.37. The number of aromatic nitrogens is 1. The van der Waals surface area contributed by atoms with Gasteiger partial charge in [-0.25, -0.2) is 9.18 Å². The number of rotatable bonds is 6. The number of benzene rings is 1. The Morgan fingerprint density at radius 2 is 2.12 bits per heavy atom. The number of para-hydroxylation sites is 1. The largest absolute Gasteiger partial charge is 0.482 e. The first-order valence-electron chi connectivity index (χ1n) is 7.39. The van der Waals surface area contributed by atoms with Crippen molar-refractivity contribution in [3.05, 3.63) is 47.6 Å². The van der Waals surface area contributed by atoms with Crippen LogP contribution < -0.4 is 10.1 Å². The molecule has 1 aromatic heterocycles. The minimum Gasteiger partial charge on any atom is -0.482 e. The van der Waals surface area contributed by atoms with E-state index in [0.29, 0.717) is 12.8 Å². The lowest BCUT2D eigenvalue weighted by molar-refractivity contribution is -0.148. The summed E-state index contributed by atoms with van der Waals surface area (Å²) < 4.78 is 23.7. The number of carboxylic acid groups (broad SMARTS) is 1. The summed E-state index contributed by atoms with van der Waals surface area (Å²) in [5.41, 5.74) is -1.27. The monoisotopic (exact) mass is 334 g/mol. The molecule has 0 saturated heterocycles. The Labute approximate surface area is 136 Å². The SMILES string of the molecule is O=C(NC1(C(=O)O)CCC1)c1cc(COc2ccccc2F)on1. The van der Waals surface area contributed by atoms with Crippen LogP contribution in [0.5, 0.6) is 5.75 Å². The van der Waals surface area contributed by atoms with Gasteiger partial charge in [0.2, 0.25) is 0 Å². The van der Waals surface area contributed by atoms with Crippen LogP contribution in [0.2, 0.25) is 0 Å². The van der Waals surface area contributed by atoms with Crippen molar-refractivity contribution in [3.8, 4) is 5.75 Å². The molecule has 1 fully saturated rings. The molecule has 24 heavy (non-hydrogen) atoms. The highest BCUT2D eigenvalue weighted by molar-refractivity contribution is 5.96. The Morgan fingerprint density at radius 1 is 1.38 bits per heavy atom. The summed E-state index contributed by atoms with van der Waals surface area (Å²) >= 11 is 0. The van der Waals surface area contributed by atoms with Gasteiger partial charge < -0.3 is 19.7 Å². The van der Waals surface area contributed by atoms with E-state index in [4.69, 9.17) is 9.26 Å². The van der Waals surface area contributed by atoms with E-state index in [0.717, 1.165) is 6.42 Å². The van der Waals surface area contributed by atoms with E-state index >= 15 is 0 Å². The highest BCUT2D eigenvalue weighted by Crippen LogP contribution is 2.32. The molecule has 0 unspecified atom stereocenters. The zero-order chi connectivity index (χ0) is 17.2. The van der Waals surface area contributed by atoms with E-state index < -0.39 is 23.2 Å². The fraction of sp³-hybridized carbons (Fsp3) is 0.312. The van der Waals surface area contributed by atoms with Gasteiger partial charge in [-0.05, 0) is 31.4 Å². The number of nitrogens with one attached hydrogen (secondary N) is 1. The van der Waals surface area contributed by atoms with Crippen LogP contribution >= 0.6 is 0 Å². The van der Waals surface area contributed by atoms with Gasteiger partial charge in [0.1, 0.15) is 12.1 Å². The molecule has 0 bridgehead atoms. The quantitative estimate of drug-likeness (QED) is 0.839. The van der Waals surface area contributed by atoms with E-state index in [1.807, 2.05) is 0 Å². The number of nitrogens with zero attached hydrogens (tertiary/aromatic N) is 1. The number of hydrogen-bond acceptors (Lipinski definition) is 5. The number of ether oxygens (including phenoxy) is 1. The van der Waals surface area contributed by atoms with Crippen LogP contribution in [0.25, 0.3) is 0 Å². The molecule has 1 amide bonds. The molecule has 0 aliphatic heterocycles. The normalized spacial score (nSPS) is 15.4. The van der Waals surface area contributed by atoms with Crippen LogP contribution in [0, 0.1) is 5.82 Å². The summed E-state index contributed by atoms with van der Waals surface area (Å²) in [5, 5.41) is 15.3. The maximum absolute atomic E-state index is 13.4. The van der Waals surface area contributed by atoms with E-state index in [9.17, 15) is 19.1 Å². The Kier molecular flexibility index (Phi) is 4.20. The van der Waals surface area contributed by atoms with Crippen molar-refractivity contribution in [1.29, 1.82) is 0 Å². The number of hydrogen-bond donors (Lipinski definition) is 2. The van der Waals surface area contributed by atoms with E-state index in [1.165, 1.54) is 24.3 Å². The summed E-state index contributed by atoms with van der Waals surface area (Å²) in [5.74, 6) is -1.92. The smallest absolute Gasteiger partial charge is 0.329 e. The summed E-state index contributed by atoms with van der Waals surface area (Å²) in [6, 6.07) is 7.23. The summed E-state index contributed by atoms with van der Waals surface area (Å²) in [4.78, 5) is 23.4. The molecule has 1 saturated carbocycles. The number of carbonyl (C=O) groups is 2. The van der Waals surface area contributed by atoms with Crippen LogP contribution in [0.15, 0.2) is 34.9 Å². The molecule has 0 radical (unpaired) electrons. The van der Waals surface area contributed by atoms with Crippen molar-refractivity contribution >= 4 is 11.9 Å². The molecule has 1 aliphatic rings. The second kappa shape index (κ2) is 6.31. The van der Waals surface area contributed by atoms with Crippen LogP contribution in [0.4, 0.5) is 4.39 Å². The van der Waals surface area contributed by atoms with Crippen molar-refractivity contribution in [2.24, 2.45) is 0 Å². The first-order valence-corrected chi connectivity index (χ1v) is 7.39. The van der Waals surface area contributed by atoms with Crippen LogP contribution in [0.1, 0.15) is 35.5 Å². The van der Waals surface area contributed by atoms with Crippen molar-refractivity contribution in [3.63, 3.8) is 0 Å². The standard InChI is InChI=1S/C16H15FN2O5/c17-11-4-1-2-5-13(11)23-9-10-8-12(19-24-10)14(20)18-16(15(21)22)6-3-7-16/h1-2,4-5,8H,3,6-7,9H2,(H,18,20)(H,21,22). The molecule has 2 N–H and O–H groups in total. The molecule has 3 rings (SSSR count). The van der Waals surface area contributed by atoms with E-state index in [2.05, 4.69) is 10.5 Å². The summed E-state index contributed by atoms with van der Waals surface area (Å²) in [6.45, 7) is -0.106. The van der Waals surface area contributed by atoms with Crippen molar-refractivity contribution < 1.29 is 28.3 Å². The lowest BCUT2D eigenvalue weighted by Crippen LogP contribution is -2.59. The fourth-order valence-corrected chi connectivity index (χ4v) is 2.40. The number of aliphatic carboxylic acids is 1. The van der Waals surface area contributed by atoms with E-state index in [1.54, 1.807) is 6.07 Å². The average molecular weight is 334 g/mol. The van der Waals surface area contributed by atoms with Gasteiger partial charge in [0.25, 0.3) is 5.91 Å². The minimum absolute atomic E-state index is 0.0466. The number of halogens is 1. The van der Waals surface area contributed by atoms with E-state index in [-0.39, 0.29) is 23.8 Å². The highest BCUT2D eigenvalue weighted by Gasteiger charge is 2.46. The summed E-state index contributed by atoms with van der Waals surface area (Å²) in [6.07, 6.45) is 1.51. The van der Waals surface area contributed by atoms with Crippen LogP contribution in [-0.2, 0) is 11.4 Å². The Morgan fingerprint density at radius 3 is 2.75 bits per heavy atom. The van der Waals surface area contributed by atoms with Crippen LogP contribution in [-0.4, -0.2) is 27.7 Å². The Bertz CT molecular complexity index is 769. The predicted molar refractivity (Wildman–Crippen MR) is 78.9 cm³/mol. The van der Waals surface area contributed by atoms with Gasteiger partial charge in [0.05, 0.1) is 0 Å². The maximum Gasteiger partial charge on any atom is 0.329 e. The summed E-state index contributed by atoms with van der Waals surface area (Å²) in [7, 11) is 0. The average Bonchev–Trinajstić information content (AvgIpc) is 2.98. The van der Waals surface area contributed by atoms with Gasteiger partial charge in [-0.3, -0.25) is 4.79 Å². The van der Waals surface area contributed by atoms with Crippen molar-refractivity contribution in [2.75, 3.05) is 0 Å². The fourth-order valence-electron chi connectivity index (χ4n) is 2.40. The van der Waals surface area contributed by atoms with Gasteiger partial charge in [-0.2, -0.15) is 0 Å². The second-order valence-electron chi connectivity index (χ2n) is 5.59. The molecule has 8 heteroatoms. The number of carboxylic acids is 1. The van der Waals surface area contributed by atoms with Gasteiger partial charge in [0, 0.05) is 6.07 Å². The van der Waals surface area contributed by atoms with Crippen molar-refractivity contribution in [2.45, 2.75) is 31.4 Å². The third kappa shape index (κ3) is 3.08. The minimum atomic E-state index is -1.22. The van der Waals surface area contributed by atoms with Gasteiger partial charge in [-0.15, -0.1) is 0 Å². The first-order chi connectivity index (χ1) is 11.5. The molecule has 1 heterocycles. The number of carbonyl (C=O) groups excluding carboxylic acids is 1. The molecule has 2 aromatic rings. The molecule has 126 valence electrons. The molecule has 7 nitrogen and oxygen atoms in total. The first kappa shape index (κ1) is 16.0. The third-order valence-electron chi connectivity index (χ3n) is 3.97. The number of amides is 1. The van der Waals surface area contributed by atoms with Crippen LogP contribution in [0.3, 0.4) is 0 Å². The highest BCUT2D eigenvalue weighted by atomic mass is 19.1. The molecule has 1 aromatic carbocycles. The predicted octanol–water partition coefficient (Wildman–Crippen LogP) is 2.13.